The van der Waals surface area contributed by atoms with Crippen LogP contribution in [0.5, 0.6) is 0 Å². The number of carbonyl (C=O) groups is 1. The minimum absolute atomic E-state index is 0.0121. The zero-order valence-electron chi connectivity index (χ0n) is 24.6. The molecular weight excluding hydrogens is 473 g/mol. The van der Waals surface area contributed by atoms with Crippen molar-refractivity contribution in [2.24, 2.45) is 5.92 Å². The van der Waals surface area contributed by atoms with Crippen molar-refractivity contribution in [3.63, 3.8) is 0 Å². The number of nitrogens with one attached hydrogen (secondary N) is 1. The summed E-state index contributed by atoms with van der Waals surface area (Å²) in [5.41, 5.74) is 4.38. The molecule has 0 fully saturated rings. The lowest BCUT2D eigenvalue weighted by atomic mass is 9.73. The van der Waals surface area contributed by atoms with Crippen molar-refractivity contribution in [3.8, 4) is 0 Å². The second-order valence-electron chi connectivity index (χ2n) is 10.7. The molecule has 0 aliphatic heterocycles. The molecule has 1 unspecified atom stereocenters. The van der Waals surface area contributed by atoms with Crippen LogP contribution in [0.3, 0.4) is 0 Å². The molecule has 4 nitrogen and oxygen atoms in total. The Morgan fingerprint density at radius 3 is 2.45 bits per heavy atom. The first-order chi connectivity index (χ1) is 17.8. The smallest absolute Gasteiger partial charge is 0.146 e. The van der Waals surface area contributed by atoms with Crippen LogP contribution in [0.2, 0.25) is 0 Å². The number of aryl methyl sites for hydroxylation is 1. The number of hydrogen-bond acceptors (Lipinski definition) is 3. The third kappa shape index (κ3) is 6.69. The highest BCUT2D eigenvalue weighted by atomic mass is 19.1. The van der Waals surface area contributed by atoms with Gasteiger partial charge in [-0.25, -0.2) is 9.37 Å². The summed E-state index contributed by atoms with van der Waals surface area (Å²) < 4.78 is 16.5. The Bertz CT molecular complexity index is 1390. The molecule has 1 N–H and O–H groups in total. The summed E-state index contributed by atoms with van der Waals surface area (Å²) in [6.07, 6.45) is 9.21. The van der Waals surface area contributed by atoms with Crippen molar-refractivity contribution in [1.29, 1.82) is 0 Å². The van der Waals surface area contributed by atoms with Gasteiger partial charge in [0, 0.05) is 23.1 Å². The number of aromatic nitrogens is 2. The summed E-state index contributed by atoms with van der Waals surface area (Å²) >= 11 is 0. The predicted molar refractivity (Wildman–Crippen MR) is 159 cm³/mol. The number of rotatable bonds is 11. The van der Waals surface area contributed by atoms with Gasteiger partial charge in [0.05, 0.1) is 22.7 Å². The Hall–Kier alpha value is -3.47. The van der Waals surface area contributed by atoms with E-state index in [9.17, 15) is 9.18 Å². The van der Waals surface area contributed by atoms with E-state index < -0.39 is 11.2 Å². The first kappa shape index (κ1) is 30.8. The fourth-order valence-corrected chi connectivity index (χ4v) is 4.72. The van der Waals surface area contributed by atoms with Crippen molar-refractivity contribution < 1.29 is 9.18 Å². The molecule has 0 amide bonds. The fourth-order valence-electron chi connectivity index (χ4n) is 4.72. The number of ketones is 1. The number of imidazole rings is 1. The molecule has 2 aromatic rings. The fraction of sp³-hybridized carbons (Fsp3) is 0.394. The van der Waals surface area contributed by atoms with Crippen molar-refractivity contribution in [1.82, 2.24) is 14.9 Å². The zero-order chi connectivity index (χ0) is 28.8. The maximum atomic E-state index is 14.4. The maximum absolute atomic E-state index is 14.4. The van der Waals surface area contributed by atoms with E-state index in [0.29, 0.717) is 5.70 Å². The molecule has 1 aromatic carbocycles. The Balaban J connectivity index is 2.62. The van der Waals surface area contributed by atoms with E-state index in [-0.39, 0.29) is 17.7 Å². The molecule has 0 aliphatic carbocycles. The number of hydrogen-bond donors (Lipinski definition) is 1. The summed E-state index contributed by atoms with van der Waals surface area (Å²) in [7, 11) is 0. The molecule has 0 saturated carbocycles. The van der Waals surface area contributed by atoms with Gasteiger partial charge in [0.1, 0.15) is 11.6 Å². The summed E-state index contributed by atoms with van der Waals surface area (Å²) in [6, 6.07) is 6.30. The molecule has 0 saturated heterocycles. The molecule has 0 aliphatic rings. The Morgan fingerprint density at radius 2 is 1.92 bits per heavy atom. The van der Waals surface area contributed by atoms with E-state index in [1.54, 1.807) is 18.5 Å². The lowest BCUT2D eigenvalue weighted by Gasteiger charge is -2.28. The average molecular weight is 518 g/mol. The van der Waals surface area contributed by atoms with Crippen LogP contribution in [0.15, 0.2) is 67.4 Å². The number of Topliss-reactive ketones (excluding diaryl/α,β-unsaturated/α-hetero) is 1. The molecule has 0 bridgehead atoms. The molecule has 38 heavy (non-hydrogen) atoms. The second-order valence-corrected chi connectivity index (χ2v) is 10.7. The van der Waals surface area contributed by atoms with E-state index in [4.69, 9.17) is 0 Å². The monoisotopic (exact) mass is 517 g/mol. The highest BCUT2D eigenvalue weighted by molar-refractivity contribution is 5.92. The van der Waals surface area contributed by atoms with Crippen LogP contribution < -0.4 is 16.0 Å². The van der Waals surface area contributed by atoms with Crippen LogP contribution in [-0.4, -0.2) is 15.3 Å². The normalized spacial score (nSPS) is 15.0. The minimum atomic E-state index is -0.567. The number of nitrogens with zero attached hydrogens (tertiary/aromatic N) is 2. The lowest BCUT2D eigenvalue weighted by Crippen LogP contribution is -2.36. The topological polar surface area (TPSA) is 46.9 Å². The molecule has 0 radical (unpaired) electrons. The molecule has 1 heterocycles. The number of carbonyl (C=O) groups excluding carboxylic acids is 1. The van der Waals surface area contributed by atoms with Gasteiger partial charge >= 0.3 is 0 Å². The molecule has 1 atom stereocenters. The van der Waals surface area contributed by atoms with Gasteiger partial charge in [-0.1, -0.05) is 51.3 Å². The van der Waals surface area contributed by atoms with Gasteiger partial charge in [0.25, 0.3) is 0 Å². The van der Waals surface area contributed by atoms with E-state index in [1.807, 2.05) is 66.7 Å². The summed E-state index contributed by atoms with van der Waals surface area (Å²) in [5.74, 6) is -0.167. The van der Waals surface area contributed by atoms with Gasteiger partial charge < -0.3 is 9.88 Å². The first-order valence-electron chi connectivity index (χ1n) is 13.3. The van der Waals surface area contributed by atoms with Gasteiger partial charge in [-0.2, -0.15) is 0 Å². The largest absolute Gasteiger partial charge is 0.355 e. The van der Waals surface area contributed by atoms with Crippen LogP contribution in [0.25, 0.3) is 17.3 Å². The summed E-state index contributed by atoms with van der Waals surface area (Å²) in [4.78, 5) is 17.7. The van der Waals surface area contributed by atoms with E-state index in [1.165, 1.54) is 6.08 Å². The number of benzene rings is 1. The second kappa shape index (κ2) is 12.9. The Kier molecular flexibility index (Phi) is 10.4. The number of halogens is 1. The lowest BCUT2D eigenvalue weighted by molar-refractivity contribution is -0.127. The van der Waals surface area contributed by atoms with Crippen molar-refractivity contribution in [2.75, 3.05) is 0 Å². The minimum Gasteiger partial charge on any atom is -0.355 e. The van der Waals surface area contributed by atoms with Crippen LogP contribution in [0.1, 0.15) is 84.5 Å². The van der Waals surface area contributed by atoms with Crippen LogP contribution in [0.4, 0.5) is 4.39 Å². The van der Waals surface area contributed by atoms with E-state index in [2.05, 4.69) is 47.9 Å². The molecule has 5 heteroatoms. The summed E-state index contributed by atoms with van der Waals surface area (Å²) in [5, 5.41) is 4.79. The SMILES string of the molecule is C=C/C(F)=C(\C=C/C)N/C(C)=c1/c(=C\C(=C)c2ccc(C(C)(C)C(=O)C(C)CC)c(C)c2)ncn1C(C)C. The van der Waals surface area contributed by atoms with Crippen molar-refractivity contribution in [2.45, 2.75) is 80.2 Å². The van der Waals surface area contributed by atoms with Gasteiger partial charge in [-0.05, 0) is 95.4 Å². The molecule has 204 valence electrons. The Labute approximate surface area is 228 Å². The van der Waals surface area contributed by atoms with Gasteiger partial charge in [0.2, 0.25) is 0 Å². The van der Waals surface area contributed by atoms with Crippen LogP contribution in [-0.2, 0) is 10.2 Å². The zero-order valence-corrected chi connectivity index (χ0v) is 24.6. The summed E-state index contributed by atoms with van der Waals surface area (Å²) in [6.45, 7) is 25.9. The molecule has 1 aromatic heterocycles. The maximum Gasteiger partial charge on any atom is 0.146 e. The van der Waals surface area contributed by atoms with Crippen molar-refractivity contribution >= 4 is 23.1 Å². The molecular formula is C33H44FN3O. The van der Waals surface area contributed by atoms with Crippen molar-refractivity contribution in [3.05, 3.63) is 94.8 Å². The third-order valence-corrected chi connectivity index (χ3v) is 7.08. The third-order valence-electron chi connectivity index (χ3n) is 7.08. The van der Waals surface area contributed by atoms with Gasteiger partial charge in [0.15, 0.2) is 0 Å². The molecule has 2 rings (SSSR count). The highest BCUT2D eigenvalue weighted by Gasteiger charge is 2.33. The standard InChI is InChI=1S/C33H44FN3O/c1-12-15-29(28(34)14-3)36-25(9)31-30(35-20-37(31)21(4)5)19-23(7)26-16-17-27(24(8)18-26)33(10,11)32(38)22(6)13-2/h12,14-22,36H,3,7,13H2,1-2,4-6,8-11H3/b15-12-,29-28-,30-19+,31-25-. The average Bonchev–Trinajstić information content (AvgIpc) is 3.30. The Morgan fingerprint density at radius 1 is 1.26 bits per heavy atom. The predicted octanol–water partition coefficient (Wildman–Crippen LogP) is 6.82. The van der Waals surface area contributed by atoms with Crippen LogP contribution in [0, 0.1) is 12.8 Å². The van der Waals surface area contributed by atoms with Crippen LogP contribution >= 0.6 is 0 Å². The molecule has 0 spiro atoms. The highest BCUT2D eigenvalue weighted by Crippen LogP contribution is 2.32. The van der Waals surface area contributed by atoms with E-state index in [0.717, 1.165) is 45.1 Å². The number of allylic oxidation sites excluding steroid dienone is 5. The van der Waals surface area contributed by atoms with Gasteiger partial charge in [-0.3, -0.25) is 4.79 Å². The quantitative estimate of drug-likeness (QED) is 0.333. The van der Waals surface area contributed by atoms with Gasteiger partial charge in [-0.15, -0.1) is 0 Å². The first-order valence-corrected chi connectivity index (χ1v) is 13.3. The van der Waals surface area contributed by atoms with E-state index >= 15 is 0 Å².